The number of fused-ring (bicyclic) bond motifs is 1. The van der Waals surface area contributed by atoms with Crippen LogP contribution in [-0.2, 0) is 0 Å². The third-order valence-electron chi connectivity index (χ3n) is 4.89. The predicted molar refractivity (Wildman–Crippen MR) is 103 cm³/mol. The smallest absolute Gasteiger partial charge is 0.292 e. The zero-order valence-corrected chi connectivity index (χ0v) is 16.2. The number of hydrogen-bond acceptors (Lipinski definition) is 4. The molecule has 1 N–H and O–H groups in total. The number of allylic oxidation sites excluding steroid dienone is 5. The number of aromatic nitrogens is 1. The molecular weight excluding hydrogens is 330 g/mol. The van der Waals surface area contributed by atoms with Crippen LogP contribution in [-0.4, -0.2) is 23.1 Å². The highest BCUT2D eigenvalue weighted by molar-refractivity contribution is 5.37. The van der Waals surface area contributed by atoms with Gasteiger partial charge in [-0.25, -0.2) is 0 Å². The number of aliphatic hydroxyl groups is 1. The summed E-state index contributed by atoms with van der Waals surface area (Å²) in [4.78, 5) is 17.3. The maximum absolute atomic E-state index is 12.4. The summed E-state index contributed by atoms with van der Waals surface area (Å²) in [6.07, 6.45) is 11.6. The van der Waals surface area contributed by atoms with E-state index in [2.05, 4.69) is 19.9 Å². The molecule has 0 aromatic carbocycles. The van der Waals surface area contributed by atoms with E-state index in [9.17, 15) is 9.90 Å². The molecule has 5 heteroatoms. The van der Waals surface area contributed by atoms with E-state index < -0.39 is 6.10 Å². The molecule has 2 rings (SSSR count). The molecule has 1 aliphatic heterocycles. The Labute approximate surface area is 155 Å². The van der Waals surface area contributed by atoms with Crippen LogP contribution in [0.3, 0.4) is 0 Å². The molecule has 4 atom stereocenters. The van der Waals surface area contributed by atoms with Crippen molar-refractivity contribution in [3.8, 4) is 5.75 Å². The van der Waals surface area contributed by atoms with Gasteiger partial charge in [-0.1, -0.05) is 57.6 Å². The number of nitrogens with zero attached hydrogens (tertiary/aromatic N) is 1. The Hall–Kier alpha value is -2.27. The van der Waals surface area contributed by atoms with Crippen molar-refractivity contribution in [3.63, 3.8) is 0 Å². The lowest BCUT2D eigenvalue weighted by atomic mass is 9.86. The molecule has 0 amide bonds. The topological polar surface area (TPSA) is 60.7 Å². The largest absolute Gasteiger partial charge is 0.485 e. The van der Waals surface area contributed by atoms with Gasteiger partial charge < -0.3 is 14.7 Å². The maximum Gasteiger partial charge on any atom is 0.292 e. The zero-order chi connectivity index (χ0) is 19.3. The Morgan fingerprint density at radius 3 is 2.81 bits per heavy atom. The molecule has 0 spiro atoms. The SMILES string of the molecule is CCC(C)C=CC=CC=C(C)C1Oc2ccn(OC)c(=O)c2C(O)C1C. The van der Waals surface area contributed by atoms with Crippen molar-refractivity contribution < 1.29 is 14.7 Å². The summed E-state index contributed by atoms with van der Waals surface area (Å²) in [6, 6.07) is 1.65. The van der Waals surface area contributed by atoms with Crippen LogP contribution in [0, 0.1) is 11.8 Å². The van der Waals surface area contributed by atoms with E-state index in [1.165, 1.54) is 13.3 Å². The minimum absolute atomic E-state index is 0.247. The Balaban J connectivity index is 2.20. The van der Waals surface area contributed by atoms with Crippen molar-refractivity contribution in [3.05, 3.63) is 64.1 Å². The molecule has 1 aliphatic rings. The third-order valence-corrected chi connectivity index (χ3v) is 4.89. The molecule has 0 fully saturated rings. The van der Waals surface area contributed by atoms with E-state index in [1.54, 1.807) is 6.07 Å². The van der Waals surface area contributed by atoms with E-state index in [1.807, 2.05) is 38.2 Å². The molecule has 26 heavy (non-hydrogen) atoms. The van der Waals surface area contributed by atoms with Crippen molar-refractivity contribution in [1.29, 1.82) is 0 Å². The molecule has 142 valence electrons. The summed E-state index contributed by atoms with van der Waals surface area (Å²) in [6.45, 7) is 8.19. The summed E-state index contributed by atoms with van der Waals surface area (Å²) in [5.74, 6) is 0.727. The summed E-state index contributed by atoms with van der Waals surface area (Å²) >= 11 is 0. The zero-order valence-electron chi connectivity index (χ0n) is 16.2. The second kappa shape index (κ2) is 8.90. The first kappa shape index (κ1) is 20.0. The number of hydrogen-bond donors (Lipinski definition) is 1. The van der Waals surface area contributed by atoms with E-state index in [0.717, 1.165) is 16.7 Å². The summed E-state index contributed by atoms with van der Waals surface area (Å²) in [5.41, 5.74) is 0.851. The van der Waals surface area contributed by atoms with Crippen molar-refractivity contribution >= 4 is 0 Å². The molecule has 0 radical (unpaired) electrons. The van der Waals surface area contributed by atoms with E-state index >= 15 is 0 Å². The first-order chi connectivity index (χ1) is 12.4. The van der Waals surface area contributed by atoms with Gasteiger partial charge in [-0.05, 0) is 18.4 Å². The minimum atomic E-state index is -0.906. The predicted octanol–water partition coefficient (Wildman–Crippen LogP) is 3.44. The van der Waals surface area contributed by atoms with Crippen LogP contribution in [0.4, 0.5) is 0 Å². The van der Waals surface area contributed by atoms with Crippen molar-refractivity contribution in [2.24, 2.45) is 11.8 Å². The third kappa shape index (κ3) is 4.28. The Morgan fingerprint density at radius 2 is 2.15 bits per heavy atom. The van der Waals surface area contributed by atoms with E-state index in [4.69, 9.17) is 9.57 Å². The lowest BCUT2D eigenvalue weighted by molar-refractivity contribution is 0.0203. The van der Waals surface area contributed by atoms with Crippen molar-refractivity contribution in [2.75, 3.05) is 7.11 Å². The van der Waals surface area contributed by atoms with Crippen LogP contribution >= 0.6 is 0 Å². The van der Waals surface area contributed by atoms with Crippen LogP contribution in [0.5, 0.6) is 5.75 Å². The standard InChI is InChI=1S/C21H29NO4/c1-6-14(2)10-8-7-9-11-15(3)20-16(4)19(23)18-17(26-20)12-13-22(25-5)21(18)24/h7-14,16,19-20,23H,6H2,1-5H3. The van der Waals surface area contributed by atoms with Gasteiger partial charge in [0.25, 0.3) is 5.56 Å². The van der Waals surface area contributed by atoms with Crippen LogP contribution in [0.15, 0.2) is 53.0 Å². The average Bonchev–Trinajstić information content (AvgIpc) is 2.63. The van der Waals surface area contributed by atoms with Gasteiger partial charge in [0.15, 0.2) is 0 Å². The van der Waals surface area contributed by atoms with Gasteiger partial charge >= 0.3 is 0 Å². The van der Waals surface area contributed by atoms with Gasteiger partial charge in [-0.2, -0.15) is 4.73 Å². The molecule has 0 saturated heterocycles. The fraction of sp³-hybridized carbons (Fsp3) is 0.476. The molecular formula is C21H29NO4. The maximum atomic E-state index is 12.4. The fourth-order valence-electron chi connectivity index (χ4n) is 2.97. The monoisotopic (exact) mass is 359 g/mol. The normalized spacial score (nSPS) is 24.5. The second-order valence-corrected chi connectivity index (χ2v) is 6.82. The molecule has 0 saturated carbocycles. The number of rotatable bonds is 6. The molecule has 0 bridgehead atoms. The van der Waals surface area contributed by atoms with Gasteiger partial charge in [-0.15, -0.1) is 0 Å². The van der Waals surface area contributed by atoms with Crippen LogP contribution in [0.25, 0.3) is 0 Å². The quantitative estimate of drug-likeness (QED) is 0.791. The lowest BCUT2D eigenvalue weighted by Gasteiger charge is -2.35. The number of ether oxygens (including phenoxy) is 1. The first-order valence-corrected chi connectivity index (χ1v) is 9.07. The van der Waals surface area contributed by atoms with Gasteiger partial charge in [0.2, 0.25) is 0 Å². The van der Waals surface area contributed by atoms with Crippen LogP contribution in [0.2, 0.25) is 0 Å². The van der Waals surface area contributed by atoms with Crippen LogP contribution < -0.4 is 15.1 Å². The van der Waals surface area contributed by atoms with Crippen LogP contribution in [0.1, 0.15) is 45.8 Å². The summed E-state index contributed by atoms with van der Waals surface area (Å²) in [5, 5.41) is 10.6. The Morgan fingerprint density at radius 1 is 1.42 bits per heavy atom. The number of pyridine rings is 1. The highest BCUT2D eigenvalue weighted by Crippen LogP contribution is 2.38. The second-order valence-electron chi connectivity index (χ2n) is 6.82. The molecule has 1 aromatic rings. The van der Waals surface area contributed by atoms with Gasteiger partial charge in [0, 0.05) is 12.0 Å². The fourth-order valence-corrected chi connectivity index (χ4v) is 2.97. The highest BCUT2D eigenvalue weighted by atomic mass is 16.6. The number of aliphatic hydroxyl groups excluding tert-OH is 1. The molecule has 5 nitrogen and oxygen atoms in total. The summed E-state index contributed by atoms with van der Waals surface area (Å²) < 4.78 is 7.11. The Kier molecular flexibility index (Phi) is 6.86. The van der Waals surface area contributed by atoms with E-state index in [-0.39, 0.29) is 23.1 Å². The van der Waals surface area contributed by atoms with Gasteiger partial charge in [0.1, 0.15) is 19.0 Å². The lowest BCUT2D eigenvalue weighted by Crippen LogP contribution is -2.40. The summed E-state index contributed by atoms with van der Waals surface area (Å²) in [7, 11) is 1.41. The molecule has 2 heterocycles. The molecule has 0 aliphatic carbocycles. The minimum Gasteiger partial charge on any atom is -0.485 e. The van der Waals surface area contributed by atoms with Gasteiger partial charge in [-0.3, -0.25) is 4.79 Å². The van der Waals surface area contributed by atoms with E-state index in [0.29, 0.717) is 11.7 Å². The Bertz CT molecular complexity index is 760. The highest BCUT2D eigenvalue weighted by Gasteiger charge is 2.37. The molecule has 4 unspecified atom stereocenters. The van der Waals surface area contributed by atoms with Crippen molar-refractivity contribution in [1.82, 2.24) is 4.73 Å². The first-order valence-electron chi connectivity index (χ1n) is 9.07. The molecule has 1 aromatic heterocycles. The average molecular weight is 359 g/mol. The van der Waals surface area contributed by atoms with Gasteiger partial charge in [0.05, 0.1) is 17.9 Å². The van der Waals surface area contributed by atoms with Crippen molar-refractivity contribution in [2.45, 2.75) is 46.3 Å².